The van der Waals surface area contributed by atoms with Crippen molar-refractivity contribution >= 4 is 52.5 Å². The van der Waals surface area contributed by atoms with Gasteiger partial charge in [-0.15, -0.1) is 0 Å². The van der Waals surface area contributed by atoms with Crippen molar-refractivity contribution < 1.29 is 26.4 Å². The van der Waals surface area contributed by atoms with Gasteiger partial charge in [0.15, 0.2) is 15.0 Å². The molecule has 1 aromatic heterocycles. The van der Waals surface area contributed by atoms with Crippen LogP contribution in [0.5, 0.6) is 5.75 Å². The van der Waals surface area contributed by atoms with E-state index < -0.39 is 31.8 Å². The average Bonchev–Trinajstić information content (AvgIpc) is 3.28. The van der Waals surface area contributed by atoms with Gasteiger partial charge in [-0.2, -0.15) is 0 Å². The van der Waals surface area contributed by atoms with Crippen molar-refractivity contribution in [2.24, 2.45) is 0 Å². The molecule has 1 atom stereocenters. The van der Waals surface area contributed by atoms with E-state index in [1.807, 2.05) is 0 Å². The van der Waals surface area contributed by atoms with Gasteiger partial charge in [0, 0.05) is 11.0 Å². The van der Waals surface area contributed by atoms with Gasteiger partial charge in [0.05, 0.1) is 34.0 Å². The molecule has 1 aliphatic rings. The van der Waals surface area contributed by atoms with Crippen molar-refractivity contribution in [1.82, 2.24) is 10.3 Å². The fraction of sp³-hybridized carbons (Fsp3) is 0.158. The molecule has 0 aliphatic carbocycles. The molecule has 1 unspecified atom stereocenters. The molecule has 0 saturated carbocycles. The lowest BCUT2D eigenvalue weighted by molar-refractivity contribution is 0.0948. The minimum Gasteiger partial charge on any atom is -0.497 e. The number of carbonyl (C=O) groups excluding carboxylic acids is 1. The number of methoxy groups -OCH3 is 1. The smallest absolute Gasteiger partial charge is 0.263 e. The van der Waals surface area contributed by atoms with Crippen LogP contribution in [0.15, 0.2) is 58.8 Å². The SMILES string of the molecule is COc1ccc(S(=O)(=O)Nc2nc3ccc(C(=O)NC4C=CS(=O)(=O)C4)cc3s2)cc1. The summed E-state index contributed by atoms with van der Waals surface area (Å²) >= 11 is 1.08. The molecule has 9 nitrogen and oxygen atoms in total. The third-order valence-corrected chi connectivity index (χ3v) is 8.30. The summed E-state index contributed by atoms with van der Waals surface area (Å²) in [6, 6.07) is 10.1. The number of hydrogen-bond acceptors (Lipinski definition) is 8. The minimum absolute atomic E-state index is 0.0622. The first-order valence-corrected chi connectivity index (χ1v) is 13.0. The molecule has 31 heavy (non-hydrogen) atoms. The fourth-order valence-corrected chi connectivity index (χ4v) is 6.33. The van der Waals surface area contributed by atoms with Crippen LogP contribution in [0.3, 0.4) is 0 Å². The Balaban J connectivity index is 1.52. The van der Waals surface area contributed by atoms with E-state index in [-0.39, 0.29) is 15.8 Å². The van der Waals surface area contributed by atoms with E-state index in [0.29, 0.717) is 21.5 Å². The summed E-state index contributed by atoms with van der Waals surface area (Å²) in [5.41, 5.74) is 0.843. The first-order valence-electron chi connectivity index (χ1n) is 8.94. The van der Waals surface area contributed by atoms with E-state index in [2.05, 4.69) is 15.0 Å². The van der Waals surface area contributed by atoms with Gasteiger partial charge < -0.3 is 10.1 Å². The highest BCUT2D eigenvalue weighted by molar-refractivity contribution is 7.94. The van der Waals surface area contributed by atoms with Crippen molar-refractivity contribution in [1.29, 1.82) is 0 Å². The average molecular weight is 480 g/mol. The van der Waals surface area contributed by atoms with Crippen molar-refractivity contribution in [3.05, 3.63) is 59.5 Å². The number of ether oxygens (including phenoxy) is 1. The normalized spacial score (nSPS) is 17.5. The van der Waals surface area contributed by atoms with Crippen LogP contribution in [0.2, 0.25) is 0 Å². The van der Waals surface area contributed by atoms with Crippen LogP contribution in [-0.4, -0.2) is 46.6 Å². The predicted molar refractivity (Wildman–Crippen MR) is 118 cm³/mol. The number of hydrogen-bond donors (Lipinski definition) is 2. The number of nitrogens with zero attached hydrogens (tertiary/aromatic N) is 1. The van der Waals surface area contributed by atoms with Gasteiger partial charge in [0.2, 0.25) is 0 Å². The summed E-state index contributed by atoms with van der Waals surface area (Å²) in [5.74, 6) is -0.0587. The monoisotopic (exact) mass is 479 g/mol. The molecule has 1 aliphatic heterocycles. The molecular weight excluding hydrogens is 462 g/mol. The Hall–Kier alpha value is -2.96. The second-order valence-corrected chi connectivity index (χ2v) is 11.4. The molecule has 0 bridgehead atoms. The molecule has 2 heterocycles. The Morgan fingerprint density at radius 1 is 1.19 bits per heavy atom. The predicted octanol–water partition coefficient (Wildman–Crippen LogP) is 2.15. The van der Waals surface area contributed by atoms with Gasteiger partial charge in [-0.3, -0.25) is 9.52 Å². The van der Waals surface area contributed by atoms with Crippen molar-refractivity contribution in [2.75, 3.05) is 17.6 Å². The van der Waals surface area contributed by atoms with E-state index in [9.17, 15) is 21.6 Å². The lowest BCUT2D eigenvalue weighted by Crippen LogP contribution is -2.35. The topological polar surface area (TPSA) is 132 Å². The number of sulfone groups is 1. The lowest BCUT2D eigenvalue weighted by atomic mass is 10.2. The summed E-state index contributed by atoms with van der Waals surface area (Å²) in [5, 5.41) is 3.90. The number of sulfonamides is 1. The number of nitrogens with one attached hydrogen (secondary N) is 2. The number of carbonyl (C=O) groups is 1. The Morgan fingerprint density at radius 2 is 1.94 bits per heavy atom. The molecule has 162 valence electrons. The summed E-state index contributed by atoms with van der Waals surface area (Å²) < 4.78 is 56.2. The van der Waals surface area contributed by atoms with Crippen molar-refractivity contribution in [3.8, 4) is 5.75 Å². The number of anilines is 1. The number of fused-ring (bicyclic) bond motifs is 1. The van der Waals surface area contributed by atoms with Crippen LogP contribution >= 0.6 is 11.3 Å². The second-order valence-electron chi connectivity index (χ2n) is 6.72. The van der Waals surface area contributed by atoms with Gasteiger partial charge in [-0.1, -0.05) is 11.3 Å². The third-order valence-electron chi connectivity index (χ3n) is 4.49. The minimum atomic E-state index is -3.84. The summed E-state index contributed by atoms with van der Waals surface area (Å²) in [6.45, 7) is 0. The van der Waals surface area contributed by atoms with Gasteiger partial charge in [-0.25, -0.2) is 21.8 Å². The Labute approximate surface area is 182 Å². The zero-order valence-electron chi connectivity index (χ0n) is 16.1. The van der Waals surface area contributed by atoms with E-state index >= 15 is 0 Å². The number of thiazole rings is 1. The molecule has 3 aromatic rings. The molecule has 0 spiro atoms. The van der Waals surface area contributed by atoms with Gasteiger partial charge in [-0.05, 0) is 48.5 Å². The zero-order chi connectivity index (χ0) is 22.2. The van der Waals surface area contributed by atoms with Gasteiger partial charge >= 0.3 is 0 Å². The van der Waals surface area contributed by atoms with Crippen LogP contribution < -0.4 is 14.8 Å². The molecule has 2 N–H and O–H groups in total. The van der Waals surface area contributed by atoms with E-state index in [1.165, 1.54) is 25.3 Å². The second kappa shape index (κ2) is 7.94. The zero-order valence-corrected chi connectivity index (χ0v) is 18.6. The van der Waals surface area contributed by atoms with Crippen molar-refractivity contribution in [3.63, 3.8) is 0 Å². The molecule has 0 fully saturated rings. The van der Waals surface area contributed by atoms with E-state index in [1.54, 1.807) is 30.3 Å². The van der Waals surface area contributed by atoms with Crippen LogP contribution in [0.4, 0.5) is 5.13 Å². The Bertz CT molecular complexity index is 1390. The first-order chi connectivity index (χ1) is 14.6. The fourth-order valence-electron chi connectivity index (χ4n) is 2.96. The standard InChI is InChI=1S/C19H17N3O6S3/c1-28-14-3-5-15(6-4-14)31(26,27)22-19-21-16-7-2-12(10-17(16)29-19)18(23)20-13-8-9-30(24,25)11-13/h2-10,13H,11H2,1H3,(H,20,23)(H,21,22). The maximum atomic E-state index is 12.6. The van der Waals surface area contributed by atoms with E-state index in [4.69, 9.17) is 4.74 Å². The molecule has 2 aromatic carbocycles. The van der Waals surface area contributed by atoms with Crippen LogP contribution in [0.25, 0.3) is 10.2 Å². The van der Waals surface area contributed by atoms with Gasteiger partial charge in [0.1, 0.15) is 5.75 Å². The van der Waals surface area contributed by atoms with Gasteiger partial charge in [0.25, 0.3) is 15.9 Å². The number of aromatic nitrogens is 1. The van der Waals surface area contributed by atoms with Crippen LogP contribution in [0.1, 0.15) is 10.4 Å². The third kappa shape index (κ3) is 4.70. The summed E-state index contributed by atoms with van der Waals surface area (Å²) in [7, 11) is -5.63. The molecule has 12 heteroatoms. The van der Waals surface area contributed by atoms with Crippen LogP contribution in [0, 0.1) is 0 Å². The maximum absolute atomic E-state index is 12.6. The number of benzene rings is 2. The summed E-state index contributed by atoms with van der Waals surface area (Å²) in [6.07, 6.45) is 1.44. The highest BCUT2D eigenvalue weighted by atomic mass is 32.2. The lowest BCUT2D eigenvalue weighted by Gasteiger charge is -2.09. The highest BCUT2D eigenvalue weighted by Gasteiger charge is 2.24. The number of rotatable bonds is 6. The quantitative estimate of drug-likeness (QED) is 0.554. The molecule has 0 radical (unpaired) electrons. The number of amides is 1. The molecule has 4 rings (SSSR count). The maximum Gasteiger partial charge on any atom is 0.263 e. The largest absolute Gasteiger partial charge is 0.497 e. The first kappa shape index (κ1) is 21.3. The summed E-state index contributed by atoms with van der Waals surface area (Å²) in [4.78, 5) is 16.8. The molecule has 0 saturated heterocycles. The Morgan fingerprint density at radius 3 is 2.58 bits per heavy atom. The van der Waals surface area contributed by atoms with E-state index in [0.717, 1.165) is 16.7 Å². The molecule has 1 amide bonds. The Kier molecular flexibility index (Phi) is 5.45. The molecular formula is C19H17N3O6S3. The van der Waals surface area contributed by atoms with Crippen LogP contribution in [-0.2, 0) is 19.9 Å². The highest BCUT2D eigenvalue weighted by Crippen LogP contribution is 2.29. The van der Waals surface area contributed by atoms with Crippen molar-refractivity contribution in [2.45, 2.75) is 10.9 Å².